The number of fused-ring (bicyclic) bond motifs is 1. The van der Waals surface area contributed by atoms with Crippen LogP contribution in [-0.4, -0.2) is 32.6 Å². The Morgan fingerprint density at radius 1 is 1.50 bits per heavy atom. The number of nitrogens with one attached hydrogen (secondary N) is 1. The highest BCUT2D eigenvalue weighted by Gasteiger charge is 2.18. The summed E-state index contributed by atoms with van der Waals surface area (Å²) < 4.78 is 0. The van der Waals surface area contributed by atoms with Crippen molar-refractivity contribution < 1.29 is 9.90 Å². The fraction of sp³-hybridized carbons (Fsp3) is 0.231. The van der Waals surface area contributed by atoms with Gasteiger partial charge in [-0.15, -0.1) is 0 Å². The second kappa shape index (κ2) is 4.18. The molecule has 0 aliphatic carbocycles. The van der Waals surface area contributed by atoms with Crippen LogP contribution in [0.5, 0.6) is 0 Å². The summed E-state index contributed by atoms with van der Waals surface area (Å²) in [7, 11) is 0. The van der Waals surface area contributed by atoms with E-state index < -0.39 is 6.09 Å². The maximum Gasteiger partial charge on any atom is 0.411 e. The second-order valence-electron chi connectivity index (χ2n) is 4.36. The van der Waals surface area contributed by atoms with Crippen LogP contribution in [0.2, 0.25) is 0 Å². The number of carboxylic acid groups (broad SMARTS) is 1. The third kappa shape index (κ3) is 1.73. The summed E-state index contributed by atoms with van der Waals surface area (Å²) in [6.45, 7) is 0.572. The van der Waals surface area contributed by atoms with E-state index in [1.807, 2.05) is 12.3 Å². The molecule has 1 amide bonds. The molecule has 5 nitrogen and oxygen atoms in total. The quantitative estimate of drug-likeness (QED) is 0.809. The highest BCUT2D eigenvalue weighted by molar-refractivity contribution is 5.92. The lowest BCUT2D eigenvalue weighted by Crippen LogP contribution is -2.27. The summed E-state index contributed by atoms with van der Waals surface area (Å²) in [5, 5.41) is 10.1. The second-order valence-corrected chi connectivity index (χ2v) is 4.36. The molecule has 3 heterocycles. The maximum absolute atomic E-state index is 11.0. The lowest BCUT2D eigenvalue weighted by molar-refractivity contribution is 0.161. The molecular formula is C13H13N3O2. The SMILES string of the molecule is O=C(O)N1C=C(c2c[nH]c3cnccc23)CCC1. The lowest BCUT2D eigenvalue weighted by atomic mass is 9.99. The van der Waals surface area contributed by atoms with Crippen molar-refractivity contribution in [2.75, 3.05) is 6.54 Å². The Morgan fingerprint density at radius 2 is 2.39 bits per heavy atom. The molecule has 0 spiro atoms. The van der Waals surface area contributed by atoms with Crippen molar-refractivity contribution >= 4 is 22.6 Å². The largest absolute Gasteiger partial charge is 0.465 e. The van der Waals surface area contributed by atoms with Crippen molar-refractivity contribution in [2.24, 2.45) is 0 Å². The van der Waals surface area contributed by atoms with Crippen LogP contribution in [0.25, 0.3) is 16.5 Å². The van der Waals surface area contributed by atoms with Crippen LogP contribution in [0.15, 0.2) is 30.9 Å². The average Bonchev–Trinajstić information content (AvgIpc) is 2.82. The van der Waals surface area contributed by atoms with Gasteiger partial charge in [-0.05, 0) is 24.5 Å². The molecule has 18 heavy (non-hydrogen) atoms. The number of nitrogens with zero attached hydrogens (tertiary/aromatic N) is 2. The van der Waals surface area contributed by atoms with Gasteiger partial charge in [0, 0.05) is 36.1 Å². The predicted octanol–water partition coefficient (Wildman–Crippen LogP) is 2.68. The van der Waals surface area contributed by atoms with E-state index in [-0.39, 0.29) is 0 Å². The molecule has 5 heteroatoms. The zero-order valence-electron chi connectivity index (χ0n) is 9.76. The minimum atomic E-state index is -0.895. The van der Waals surface area contributed by atoms with E-state index in [1.165, 1.54) is 4.90 Å². The van der Waals surface area contributed by atoms with Crippen LogP contribution in [-0.2, 0) is 0 Å². The molecule has 0 radical (unpaired) electrons. The standard InChI is InChI=1S/C13H13N3O2/c17-13(18)16-5-1-2-9(8-16)11-6-15-12-7-14-4-3-10(11)12/h3-4,6-8,15H,1-2,5H2,(H,17,18). The molecule has 2 aromatic rings. The van der Waals surface area contributed by atoms with Crippen LogP contribution in [0, 0.1) is 0 Å². The number of rotatable bonds is 1. The van der Waals surface area contributed by atoms with Crippen LogP contribution < -0.4 is 0 Å². The molecule has 0 unspecified atom stereocenters. The van der Waals surface area contributed by atoms with Gasteiger partial charge in [-0.3, -0.25) is 9.88 Å². The third-order valence-electron chi connectivity index (χ3n) is 3.23. The summed E-state index contributed by atoms with van der Waals surface area (Å²) >= 11 is 0. The highest BCUT2D eigenvalue weighted by Crippen LogP contribution is 2.30. The lowest BCUT2D eigenvalue weighted by Gasteiger charge is -2.22. The van der Waals surface area contributed by atoms with Crippen LogP contribution in [0.4, 0.5) is 4.79 Å². The molecule has 0 saturated heterocycles. The number of aromatic amines is 1. The Hall–Kier alpha value is -2.30. The number of pyridine rings is 1. The Labute approximate surface area is 104 Å². The highest BCUT2D eigenvalue weighted by atomic mass is 16.4. The van der Waals surface area contributed by atoms with E-state index >= 15 is 0 Å². The first kappa shape index (κ1) is 10.8. The van der Waals surface area contributed by atoms with Gasteiger partial charge in [0.2, 0.25) is 0 Å². The Morgan fingerprint density at radius 3 is 3.22 bits per heavy atom. The first-order chi connectivity index (χ1) is 8.75. The topological polar surface area (TPSA) is 69.2 Å². The molecule has 2 aromatic heterocycles. The van der Waals surface area contributed by atoms with Crippen LogP contribution in [0.1, 0.15) is 18.4 Å². The fourth-order valence-electron chi connectivity index (χ4n) is 2.35. The minimum absolute atomic E-state index is 0.572. The van der Waals surface area contributed by atoms with E-state index in [0.29, 0.717) is 6.54 Å². The first-order valence-electron chi connectivity index (χ1n) is 5.87. The van der Waals surface area contributed by atoms with Gasteiger partial charge in [-0.25, -0.2) is 4.79 Å². The van der Waals surface area contributed by atoms with Crippen molar-refractivity contribution in [3.8, 4) is 0 Å². The van der Waals surface area contributed by atoms with Crippen molar-refractivity contribution in [3.63, 3.8) is 0 Å². The zero-order valence-corrected chi connectivity index (χ0v) is 9.76. The van der Waals surface area contributed by atoms with Gasteiger partial charge in [0.05, 0.1) is 11.7 Å². The number of amides is 1. The van der Waals surface area contributed by atoms with Crippen molar-refractivity contribution in [1.82, 2.24) is 14.9 Å². The number of carbonyl (C=O) groups is 1. The van der Waals surface area contributed by atoms with Crippen LogP contribution >= 0.6 is 0 Å². The Balaban J connectivity index is 2.06. The molecule has 0 fully saturated rings. The first-order valence-corrected chi connectivity index (χ1v) is 5.87. The number of H-pyrrole nitrogens is 1. The van der Waals surface area contributed by atoms with Gasteiger partial charge in [0.25, 0.3) is 0 Å². The number of allylic oxidation sites excluding steroid dienone is 1. The van der Waals surface area contributed by atoms with E-state index in [4.69, 9.17) is 5.11 Å². The maximum atomic E-state index is 11.0. The zero-order chi connectivity index (χ0) is 12.5. The number of hydrogen-bond donors (Lipinski definition) is 2. The molecule has 1 aliphatic heterocycles. The summed E-state index contributed by atoms with van der Waals surface area (Å²) in [5.74, 6) is 0. The molecule has 3 rings (SSSR count). The molecule has 0 saturated carbocycles. The molecule has 0 atom stereocenters. The monoisotopic (exact) mass is 243 g/mol. The Bertz CT molecular complexity index is 630. The van der Waals surface area contributed by atoms with E-state index in [1.54, 1.807) is 18.6 Å². The van der Waals surface area contributed by atoms with Gasteiger partial charge in [-0.1, -0.05) is 0 Å². The van der Waals surface area contributed by atoms with E-state index in [2.05, 4.69) is 9.97 Å². The summed E-state index contributed by atoms with van der Waals surface area (Å²) in [6.07, 6.45) is 8.04. The molecule has 2 N–H and O–H groups in total. The summed E-state index contributed by atoms with van der Waals surface area (Å²) in [6, 6.07) is 1.95. The minimum Gasteiger partial charge on any atom is -0.465 e. The fourth-order valence-corrected chi connectivity index (χ4v) is 2.35. The third-order valence-corrected chi connectivity index (χ3v) is 3.23. The van der Waals surface area contributed by atoms with E-state index in [9.17, 15) is 4.79 Å². The number of aromatic nitrogens is 2. The van der Waals surface area contributed by atoms with E-state index in [0.717, 1.165) is 34.9 Å². The number of hydrogen-bond acceptors (Lipinski definition) is 2. The van der Waals surface area contributed by atoms with Gasteiger partial charge in [0.1, 0.15) is 0 Å². The van der Waals surface area contributed by atoms with Crippen molar-refractivity contribution in [3.05, 3.63) is 36.4 Å². The predicted molar refractivity (Wildman–Crippen MR) is 68.0 cm³/mol. The summed E-state index contributed by atoms with van der Waals surface area (Å²) in [5.41, 5.74) is 3.10. The van der Waals surface area contributed by atoms with Gasteiger partial charge in [-0.2, -0.15) is 0 Å². The smallest absolute Gasteiger partial charge is 0.411 e. The molecular weight excluding hydrogens is 230 g/mol. The normalized spacial score (nSPS) is 15.8. The van der Waals surface area contributed by atoms with Gasteiger partial charge < -0.3 is 10.1 Å². The molecule has 0 aromatic carbocycles. The van der Waals surface area contributed by atoms with Crippen LogP contribution in [0.3, 0.4) is 0 Å². The van der Waals surface area contributed by atoms with Crippen molar-refractivity contribution in [2.45, 2.75) is 12.8 Å². The molecule has 92 valence electrons. The molecule has 1 aliphatic rings. The van der Waals surface area contributed by atoms with Crippen molar-refractivity contribution in [1.29, 1.82) is 0 Å². The molecule has 0 bridgehead atoms. The Kier molecular flexibility index (Phi) is 2.51. The van der Waals surface area contributed by atoms with Gasteiger partial charge in [0.15, 0.2) is 0 Å². The van der Waals surface area contributed by atoms with Gasteiger partial charge >= 0.3 is 6.09 Å². The average molecular weight is 243 g/mol. The summed E-state index contributed by atoms with van der Waals surface area (Å²) in [4.78, 5) is 19.6.